The number of carbonyl (C=O) groups excluding carboxylic acids is 2. The average Bonchev–Trinajstić information content (AvgIpc) is 2.42. The van der Waals surface area contributed by atoms with E-state index < -0.39 is 11.8 Å². The van der Waals surface area contributed by atoms with Crippen LogP contribution in [0.25, 0.3) is 0 Å². The lowest BCUT2D eigenvalue weighted by Crippen LogP contribution is -2.40. The molecule has 0 aromatic heterocycles. The predicted octanol–water partition coefficient (Wildman–Crippen LogP) is 0.534. The third-order valence-electron chi connectivity index (χ3n) is 2.56. The lowest BCUT2D eigenvalue weighted by Gasteiger charge is -2.08. The summed E-state index contributed by atoms with van der Waals surface area (Å²) in [6.45, 7) is 5.21. The van der Waals surface area contributed by atoms with Crippen molar-refractivity contribution >= 4 is 11.8 Å². The largest absolute Gasteiger partial charge is 0.348 e. The molecule has 0 spiro atoms. The molecule has 5 nitrogen and oxygen atoms in total. The van der Waals surface area contributed by atoms with Crippen molar-refractivity contribution < 1.29 is 9.59 Å². The standard InChI is InChI=1S/C14H21N3O2/c1-10(2)8-16-13(18)14(19)17-9-12-5-3-4-11(6-12)7-15/h3-6,10H,7-9,15H2,1-2H3,(H,16,18)(H,17,19). The first kappa shape index (κ1) is 15.2. The summed E-state index contributed by atoms with van der Waals surface area (Å²) < 4.78 is 0. The lowest BCUT2D eigenvalue weighted by atomic mass is 10.1. The minimum atomic E-state index is -0.612. The van der Waals surface area contributed by atoms with Crippen LogP contribution in [0.5, 0.6) is 0 Å². The minimum Gasteiger partial charge on any atom is -0.348 e. The third-order valence-corrected chi connectivity index (χ3v) is 2.56. The Morgan fingerprint density at radius 3 is 2.42 bits per heavy atom. The molecule has 0 aliphatic rings. The van der Waals surface area contributed by atoms with Gasteiger partial charge in [-0.3, -0.25) is 9.59 Å². The van der Waals surface area contributed by atoms with Crippen molar-refractivity contribution in [1.29, 1.82) is 0 Å². The maximum absolute atomic E-state index is 11.5. The van der Waals surface area contributed by atoms with Gasteiger partial charge in [-0.25, -0.2) is 0 Å². The predicted molar refractivity (Wildman–Crippen MR) is 74.0 cm³/mol. The van der Waals surface area contributed by atoms with E-state index in [0.29, 0.717) is 25.6 Å². The Hall–Kier alpha value is -1.88. The highest BCUT2D eigenvalue weighted by Gasteiger charge is 2.12. The molecule has 104 valence electrons. The first-order valence-corrected chi connectivity index (χ1v) is 6.37. The molecule has 5 heteroatoms. The van der Waals surface area contributed by atoms with Gasteiger partial charge >= 0.3 is 11.8 Å². The molecule has 1 aromatic rings. The maximum atomic E-state index is 11.5. The molecule has 1 aromatic carbocycles. The van der Waals surface area contributed by atoms with Gasteiger partial charge in [-0.15, -0.1) is 0 Å². The number of amides is 2. The Morgan fingerprint density at radius 1 is 1.16 bits per heavy atom. The van der Waals surface area contributed by atoms with Crippen LogP contribution < -0.4 is 16.4 Å². The van der Waals surface area contributed by atoms with Gasteiger partial charge in [0.15, 0.2) is 0 Å². The highest BCUT2D eigenvalue weighted by molar-refractivity contribution is 6.35. The molecular weight excluding hydrogens is 242 g/mol. The summed E-state index contributed by atoms with van der Waals surface area (Å²) in [7, 11) is 0. The fourth-order valence-corrected chi connectivity index (χ4v) is 1.51. The normalized spacial score (nSPS) is 10.3. The number of hydrogen-bond acceptors (Lipinski definition) is 3. The monoisotopic (exact) mass is 263 g/mol. The molecule has 0 unspecified atom stereocenters. The van der Waals surface area contributed by atoms with Crippen LogP contribution in [0.4, 0.5) is 0 Å². The summed E-state index contributed by atoms with van der Waals surface area (Å²) in [4.78, 5) is 23.0. The summed E-state index contributed by atoms with van der Waals surface area (Å²) in [5.74, 6) is -0.888. The van der Waals surface area contributed by atoms with E-state index in [2.05, 4.69) is 10.6 Å². The zero-order chi connectivity index (χ0) is 14.3. The Labute approximate surface area is 113 Å². The summed E-state index contributed by atoms with van der Waals surface area (Å²) >= 11 is 0. The molecule has 0 heterocycles. The van der Waals surface area contributed by atoms with Crippen molar-refractivity contribution in [2.45, 2.75) is 26.9 Å². The second-order valence-corrected chi connectivity index (χ2v) is 4.81. The van der Waals surface area contributed by atoms with Crippen molar-refractivity contribution in [2.24, 2.45) is 11.7 Å². The topological polar surface area (TPSA) is 84.2 Å². The van der Waals surface area contributed by atoms with Gasteiger partial charge in [0.1, 0.15) is 0 Å². The van der Waals surface area contributed by atoms with E-state index in [1.54, 1.807) is 0 Å². The van der Waals surface area contributed by atoms with Gasteiger partial charge in [0, 0.05) is 19.6 Å². The summed E-state index contributed by atoms with van der Waals surface area (Å²) in [6.07, 6.45) is 0. The Balaban J connectivity index is 2.42. The fraction of sp³-hybridized carbons (Fsp3) is 0.429. The van der Waals surface area contributed by atoms with Crippen LogP contribution in [-0.2, 0) is 22.7 Å². The molecular formula is C14H21N3O2. The molecule has 0 aliphatic carbocycles. The van der Waals surface area contributed by atoms with Crippen LogP contribution in [-0.4, -0.2) is 18.4 Å². The molecule has 19 heavy (non-hydrogen) atoms. The van der Waals surface area contributed by atoms with Crippen LogP contribution in [0.3, 0.4) is 0 Å². The van der Waals surface area contributed by atoms with E-state index in [9.17, 15) is 9.59 Å². The molecule has 0 fully saturated rings. The van der Waals surface area contributed by atoms with Crippen molar-refractivity contribution in [1.82, 2.24) is 10.6 Å². The van der Waals surface area contributed by atoms with Gasteiger partial charge in [0.25, 0.3) is 0 Å². The van der Waals surface area contributed by atoms with Crippen molar-refractivity contribution in [3.8, 4) is 0 Å². The van der Waals surface area contributed by atoms with Crippen molar-refractivity contribution in [2.75, 3.05) is 6.54 Å². The van der Waals surface area contributed by atoms with E-state index in [-0.39, 0.29) is 0 Å². The first-order chi connectivity index (χ1) is 9.02. The maximum Gasteiger partial charge on any atom is 0.309 e. The zero-order valence-corrected chi connectivity index (χ0v) is 11.4. The number of rotatable bonds is 5. The number of nitrogens with one attached hydrogen (secondary N) is 2. The molecule has 0 atom stereocenters. The van der Waals surface area contributed by atoms with E-state index >= 15 is 0 Å². The Bertz CT molecular complexity index is 444. The molecule has 0 bridgehead atoms. The molecule has 0 saturated carbocycles. The lowest BCUT2D eigenvalue weighted by molar-refractivity contribution is -0.139. The van der Waals surface area contributed by atoms with E-state index in [4.69, 9.17) is 5.73 Å². The fourth-order valence-electron chi connectivity index (χ4n) is 1.51. The number of benzene rings is 1. The van der Waals surface area contributed by atoms with Gasteiger partial charge in [0.2, 0.25) is 0 Å². The highest BCUT2D eigenvalue weighted by Crippen LogP contribution is 2.04. The molecule has 0 radical (unpaired) electrons. The second-order valence-electron chi connectivity index (χ2n) is 4.81. The Morgan fingerprint density at radius 2 is 1.79 bits per heavy atom. The molecule has 0 saturated heterocycles. The summed E-state index contributed by atoms with van der Waals surface area (Å²) in [5, 5.41) is 5.15. The van der Waals surface area contributed by atoms with Crippen molar-refractivity contribution in [3.63, 3.8) is 0 Å². The molecule has 2 amide bonds. The number of hydrogen-bond donors (Lipinski definition) is 3. The summed E-state index contributed by atoms with van der Waals surface area (Å²) in [6, 6.07) is 7.58. The van der Waals surface area contributed by atoms with Gasteiger partial charge in [0.05, 0.1) is 0 Å². The van der Waals surface area contributed by atoms with Gasteiger partial charge in [-0.05, 0) is 17.0 Å². The highest BCUT2D eigenvalue weighted by atomic mass is 16.2. The average molecular weight is 263 g/mol. The molecule has 0 aliphatic heterocycles. The summed E-state index contributed by atoms with van der Waals surface area (Å²) in [5.41, 5.74) is 7.46. The minimum absolute atomic E-state index is 0.318. The van der Waals surface area contributed by atoms with Crippen LogP contribution in [0.2, 0.25) is 0 Å². The van der Waals surface area contributed by atoms with Gasteiger partial charge < -0.3 is 16.4 Å². The molecule has 4 N–H and O–H groups in total. The first-order valence-electron chi connectivity index (χ1n) is 6.37. The quantitative estimate of drug-likeness (QED) is 0.678. The smallest absolute Gasteiger partial charge is 0.309 e. The van der Waals surface area contributed by atoms with E-state index in [1.807, 2.05) is 38.1 Å². The van der Waals surface area contributed by atoms with Gasteiger partial charge in [-0.2, -0.15) is 0 Å². The van der Waals surface area contributed by atoms with E-state index in [0.717, 1.165) is 11.1 Å². The van der Waals surface area contributed by atoms with Crippen molar-refractivity contribution in [3.05, 3.63) is 35.4 Å². The third kappa shape index (κ3) is 5.52. The van der Waals surface area contributed by atoms with E-state index in [1.165, 1.54) is 0 Å². The van der Waals surface area contributed by atoms with Crippen LogP contribution in [0.1, 0.15) is 25.0 Å². The SMILES string of the molecule is CC(C)CNC(=O)C(=O)NCc1cccc(CN)c1. The van der Waals surface area contributed by atoms with Crippen LogP contribution in [0, 0.1) is 5.92 Å². The number of nitrogens with two attached hydrogens (primary N) is 1. The zero-order valence-electron chi connectivity index (χ0n) is 11.4. The number of carbonyl (C=O) groups is 2. The van der Waals surface area contributed by atoms with Crippen LogP contribution >= 0.6 is 0 Å². The van der Waals surface area contributed by atoms with Gasteiger partial charge in [-0.1, -0.05) is 38.1 Å². The molecule has 1 rings (SSSR count). The Kier molecular flexibility index (Phi) is 6.02. The van der Waals surface area contributed by atoms with Crippen LogP contribution in [0.15, 0.2) is 24.3 Å². The second kappa shape index (κ2) is 7.53.